The molecular weight excluding hydrogens is 226 g/mol. The van der Waals surface area contributed by atoms with Crippen molar-refractivity contribution in [2.45, 2.75) is 19.3 Å². The van der Waals surface area contributed by atoms with Gasteiger partial charge < -0.3 is 4.98 Å². The molecule has 0 atom stereocenters. The van der Waals surface area contributed by atoms with Gasteiger partial charge in [0.25, 0.3) is 0 Å². The van der Waals surface area contributed by atoms with Gasteiger partial charge in [-0.3, -0.25) is 4.98 Å². The third-order valence-corrected chi connectivity index (χ3v) is 3.74. The molecule has 1 N–H and O–H groups in total. The van der Waals surface area contributed by atoms with Gasteiger partial charge in [0.2, 0.25) is 0 Å². The van der Waals surface area contributed by atoms with E-state index in [2.05, 4.69) is 15.0 Å². The third-order valence-electron chi connectivity index (χ3n) is 2.62. The molecule has 2 heterocycles. The number of thiazole rings is 1. The highest BCUT2D eigenvalue weighted by molar-refractivity contribution is 7.71. The van der Waals surface area contributed by atoms with Crippen molar-refractivity contribution in [1.82, 2.24) is 15.0 Å². The first-order valence-electron chi connectivity index (χ1n) is 4.85. The highest BCUT2D eigenvalue weighted by atomic mass is 32.1. The quantitative estimate of drug-likeness (QED) is 0.773. The topological polar surface area (TPSA) is 41.6 Å². The van der Waals surface area contributed by atoms with Crippen LogP contribution in [0, 0.1) is 4.64 Å². The molecule has 0 fully saturated rings. The average molecular weight is 235 g/mol. The molecule has 0 unspecified atom stereocenters. The molecule has 1 aliphatic carbocycles. The van der Waals surface area contributed by atoms with Gasteiger partial charge in [-0.2, -0.15) is 0 Å². The summed E-state index contributed by atoms with van der Waals surface area (Å²) < 4.78 is 0.754. The predicted octanol–water partition coefficient (Wildman–Crippen LogP) is 2.75. The monoisotopic (exact) mass is 235 g/mol. The number of H-pyrrole nitrogens is 1. The van der Waals surface area contributed by atoms with Crippen molar-refractivity contribution in [2.75, 3.05) is 0 Å². The molecule has 2 aromatic heterocycles. The van der Waals surface area contributed by atoms with Gasteiger partial charge in [0.05, 0.1) is 10.4 Å². The van der Waals surface area contributed by atoms with Crippen molar-refractivity contribution in [2.24, 2.45) is 0 Å². The summed E-state index contributed by atoms with van der Waals surface area (Å²) >= 11 is 6.87. The van der Waals surface area contributed by atoms with Crippen LogP contribution in [0.3, 0.4) is 0 Å². The fourth-order valence-corrected chi connectivity index (χ4v) is 2.79. The molecule has 0 aliphatic heterocycles. The van der Waals surface area contributed by atoms with E-state index in [0.717, 1.165) is 28.2 Å². The number of nitrogens with zero attached hydrogens (tertiary/aromatic N) is 2. The molecule has 0 spiro atoms. The molecule has 0 saturated carbocycles. The van der Waals surface area contributed by atoms with Crippen LogP contribution in [0.1, 0.15) is 17.7 Å². The van der Waals surface area contributed by atoms with E-state index in [1.54, 1.807) is 16.8 Å². The molecule has 1 aliphatic rings. The third kappa shape index (κ3) is 1.52. The van der Waals surface area contributed by atoms with Crippen molar-refractivity contribution in [1.29, 1.82) is 0 Å². The smallest absolute Gasteiger partial charge is 0.150 e. The van der Waals surface area contributed by atoms with Crippen LogP contribution in [0.4, 0.5) is 0 Å². The van der Waals surface area contributed by atoms with E-state index in [1.165, 1.54) is 17.7 Å². The number of hydrogen-bond acceptors (Lipinski definition) is 4. The normalized spacial score (nSPS) is 14.1. The van der Waals surface area contributed by atoms with Crippen LogP contribution in [-0.2, 0) is 12.8 Å². The molecule has 0 amide bonds. The molecule has 0 saturated heterocycles. The van der Waals surface area contributed by atoms with Crippen molar-refractivity contribution < 1.29 is 0 Å². The zero-order valence-corrected chi connectivity index (χ0v) is 9.62. The molecule has 2 aromatic rings. The highest BCUT2D eigenvalue weighted by Crippen LogP contribution is 2.25. The van der Waals surface area contributed by atoms with Gasteiger partial charge in [-0.05, 0) is 19.3 Å². The Bertz CT molecular complexity index is 542. The zero-order valence-electron chi connectivity index (χ0n) is 7.99. The average Bonchev–Trinajstić information content (AvgIpc) is 2.88. The van der Waals surface area contributed by atoms with E-state index >= 15 is 0 Å². The summed E-state index contributed by atoms with van der Waals surface area (Å²) in [4.78, 5) is 12.9. The van der Waals surface area contributed by atoms with Crippen LogP contribution in [0.15, 0.2) is 11.7 Å². The SMILES string of the molecule is S=c1nc(-c2cncs2)[nH]c2c1CCC2. The summed E-state index contributed by atoms with van der Waals surface area (Å²) in [5.41, 5.74) is 4.30. The Kier molecular flexibility index (Phi) is 2.14. The Morgan fingerprint density at radius 2 is 2.33 bits per heavy atom. The summed E-state index contributed by atoms with van der Waals surface area (Å²) in [6.45, 7) is 0. The predicted molar refractivity (Wildman–Crippen MR) is 62.6 cm³/mol. The molecule has 3 rings (SSSR count). The Morgan fingerprint density at radius 1 is 1.40 bits per heavy atom. The zero-order chi connectivity index (χ0) is 10.3. The van der Waals surface area contributed by atoms with Crippen LogP contribution < -0.4 is 0 Å². The lowest BCUT2D eigenvalue weighted by atomic mass is 10.3. The first-order chi connectivity index (χ1) is 7.34. The second kappa shape index (κ2) is 3.50. The van der Waals surface area contributed by atoms with E-state index in [4.69, 9.17) is 12.2 Å². The fourth-order valence-electron chi connectivity index (χ4n) is 1.91. The standard InChI is InChI=1S/C10H9N3S2/c14-10-6-2-1-3-7(6)12-9(13-10)8-4-11-5-15-8/h4-5H,1-3H2,(H,12,13,14). The maximum Gasteiger partial charge on any atom is 0.150 e. The lowest BCUT2D eigenvalue weighted by Crippen LogP contribution is -1.95. The summed E-state index contributed by atoms with van der Waals surface area (Å²) in [7, 11) is 0. The van der Waals surface area contributed by atoms with Gasteiger partial charge in [-0.25, -0.2) is 4.98 Å². The Balaban J connectivity index is 2.20. The summed E-state index contributed by atoms with van der Waals surface area (Å²) in [6, 6.07) is 0. The summed E-state index contributed by atoms with van der Waals surface area (Å²) in [5, 5.41) is 0. The molecule has 5 heteroatoms. The van der Waals surface area contributed by atoms with E-state index in [-0.39, 0.29) is 0 Å². The number of fused-ring (bicyclic) bond motifs is 1. The lowest BCUT2D eigenvalue weighted by Gasteiger charge is -2.02. The lowest BCUT2D eigenvalue weighted by molar-refractivity contribution is 0.899. The van der Waals surface area contributed by atoms with Gasteiger partial charge in [-0.15, -0.1) is 11.3 Å². The Hall–Kier alpha value is -1.07. The number of rotatable bonds is 1. The summed E-state index contributed by atoms with van der Waals surface area (Å²) in [5.74, 6) is 0.864. The van der Waals surface area contributed by atoms with E-state index in [1.807, 2.05) is 6.20 Å². The maximum absolute atomic E-state index is 5.29. The summed E-state index contributed by atoms with van der Waals surface area (Å²) in [6.07, 6.45) is 5.16. The number of aromatic nitrogens is 3. The van der Waals surface area contributed by atoms with Gasteiger partial charge in [0.1, 0.15) is 4.64 Å². The number of aromatic amines is 1. The Morgan fingerprint density at radius 3 is 3.13 bits per heavy atom. The molecule has 0 aromatic carbocycles. The van der Waals surface area contributed by atoms with Crippen LogP contribution in [-0.4, -0.2) is 15.0 Å². The van der Waals surface area contributed by atoms with E-state index in [9.17, 15) is 0 Å². The van der Waals surface area contributed by atoms with Crippen molar-refractivity contribution in [3.05, 3.63) is 27.6 Å². The molecule has 15 heavy (non-hydrogen) atoms. The van der Waals surface area contributed by atoms with Crippen LogP contribution in [0.25, 0.3) is 10.7 Å². The van der Waals surface area contributed by atoms with Crippen molar-refractivity contribution in [3.63, 3.8) is 0 Å². The largest absolute Gasteiger partial charge is 0.342 e. The van der Waals surface area contributed by atoms with Gasteiger partial charge in [0.15, 0.2) is 5.82 Å². The molecule has 3 nitrogen and oxygen atoms in total. The first kappa shape index (κ1) is 9.18. The molecule has 0 bridgehead atoms. The number of aryl methyl sites for hydroxylation is 1. The minimum atomic E-state index is 0.754. The first-order valence-corrected chi connectivity index (χ1v) is 6.14. The molecule has 76 valence electrons. The van der Waals surface area contributed by atoms with E-state index < -0.39 is 0 Å². The van der Waals surface area contributed by atoms with Gasteiger partial charge in [-0.1, -0.05) is 12.2 Å². The molecular formula is C10H9N3S2. The van der Waals surface area contributed by atoms with Crippen LogP contribution >= 0.6 is 23.6 Å². The van der Waals surface area contributed by atoms with Crippen molar-refractivity contribution >= 4 is 23.6 Å². The van der Waals surface area contributed by atoms with Gasteiger partial charge in [0, 0.05) is 17.5 Å². The fraction of sp³-hybridized carbons (Fsp3) is 0.300. The van der Waals surface area contributed by atoms with Crippen LogP contribution in [0.2, 0.25) is 0 Å². The Labute approximate surface area is 96.2 Å². The highest BCUT2D eigenvalue weighted by Gasteiger charge is 2.15. The van der Waals surface area contributed by atoms with Crippen LogP contribution in [0.5, 0.6) is 0 Å². The minimum Gasteiger partial charge on any atom is -0.342 e. The minimum absolute atomic E-state index is 0.754. The second-order valence-electron chi connectivity index (χ2n) is 3.57. The van der Waals surface area contributed by atoms with E-state index in [0.29, 0.717) is 0 Å². The molecule has 0 radical (unpaired) electrons. The van der Waals surface area contributed by atoms with Crippen molar-refractivity contribution in [3.8, 4) is 10.7 Å². The van der Waals surface area contributed by atoms with Gasteiger partial charge >= 0.3 is 0 Å². The maximum atomic E-state index is 5.29. The number of nitrogens with one attached hydrogen (secondary N) is 1. The second-order valence-corrected chi connectivity index (χ2v) is 4.84. The number of hydrogen-bond donors (Lipinski definition) is 1.